The third-order valence-electron chi connectivity index (χ3n) is 11.2. The summed E-state index contributed by atoms with van der Waals surface area (Å²) in [5.41, 5.74) is -2.99. The number of aliphatic hydroxyl groups is 2. The molecule has 2 bridgehead atoms. The van der Waals surface area contributed by atoms with Crippen molar-refractivity contribution in [3.8, 4) is 0 Å². The average molecular weight is 565 g/mol. The first-order valence-electron chi connectivity index (χ1n) is 15.2. The van der Waals surface area contributed by atoms with Crippen LogP contribution in [0.1, 0.15) is 79.6 Å². The van der Waals surface area contributed by atoms with Crippen molar-refractivity contribution < 1.29 is 34.4 Å². The molecule has 0 amide bonds. The van der Waals surface area contributed by atoms with Crippen molar-refractivity contribution in [2.45, 2.75) is 91.3 Å². The van der Waals surface area contributed by atoms with E-state index in [-0.39, 0.29) is 47.0 Å². The summed E-state index contributed by atoms with van der Waals surface area (Å²) in [7, 11) is 0. The Hall–Kier alpha value is -2.93. The van der Waals surface area contributed by atoms with Crippen LogP contribution in [0, 0.1) is 40.4 Å². The minimum Gasteiger partial charge on any atom is -0.511 e. The first-order chi connectivity index (χ1) is 19.4. The highest BCUT2D eigenvalue weighted by atomic mass is 16.6. The molecule has 0 radical (unpaired) electrons. The molecule has 1 saturated heterocycles. The van der Waals surface area contributed by atoms with Gasteiger partial charge in [0.05, 0.1) is 11.5 Å². The molecule has 5 rings (SSSR count). The Morgan fingerprint density at radius 1 is 1.12 bits per heavy atom. The molecule has 0 unspecified atom stereocenters. The molecule has 0 aromatic rings. The van der Waals surface area contributed by atoms with Crippen LogP contribution in [0.15, 0.2) is 58.9 Å². The zero-order valence-corrected chi connectivity index (χ0v) is 24.9. The zero-order chi connectivity index (χ0) is 29.9. The zero-order valence-electron chi connectivity index (χ0n) is 24.9. The molecule has 222 valence electrons. The summed E-state index contributed by atoms with van der Waals surface area (Å²) < 4.78 is 6.12. The predicted molar refractivity (Wildman–Crippen MR) is 155 cm³/mol. The average Bonchev–Trinajstić information content (AvgIpc) is 3.18. The van der Waals surface area contributed by atoms with Crippen LogP contribution in [-0.2, 0) is 19.1 Å². The van der Waals surface area contributed by atoms with Gasteiger partial charge in [-0.15, -0.1) is 0 Å². The highest BCUT2D eigenvalue weighted by Crippen LogP contribution is 2.60. The Morgan fingerprint density at radius 2 is 1.85 bits per heavy atom. The molecule has 41 heavy (non-hydrogen) atoms. The first kappa shape index (κ1) is 29.6. The summed E-state index contributed by atoms with van der Waals surface area (Å²) in [4.78, 5) is 40.8. The fraction of sp³-hybridized carbons (Fsp3) is 0.618. The van der Waals surface area contributed by atoms with E-state index in [2.05, 4.69) is 24.3 Å². The maximum absolute atomic E-state index is 14.7. The molecule has 1 saturated carbocycles. The van der Waals surface area contributed by atoms with Gasteiger partial charge in [0, 0.05) is 23.3 Å². The van der Waals surface area contributed by atoms with Crippen molar-refractivity contribution in [1.82, 2.24) is 0 Å². The van der Waals surface area contributed by atoms with Gasteiger partial charge < -0.3 is 20.1 Å². The lowest BCUT2D eigenvalue weighted by atomic mass is 9.51. The van der Waals surface area contributed by atoms with Gasteiger partial charge in [-0.3, -0.25) is 4.79 Å². The quantitative estimate of drug-likeness (QED) is 0.218. The largest absolute Gasteiger partial charge is 0.511 e. The molecular formula is C34H44O7. The van der Waals surface area contributed by atoms with E-state index >= 15 is 0 Å². The van der Waals surface area contributed by atoms with Crippen molar-refractivity contribution in [2.75, 3.05) is 0 Å². The molecule has 9 atom stereocenters. The highest BCUT2D eigenvalue weighted by molar-refractivity contribution is 6.26. The van der Waals surface area contributed by atoms with Gasteiger partial charge in [-0.2, -0.15) is 0 Å². The summed E-state index contributed by atoms with van der Waals surface area (Å²) in [6.07, 6.45) is 14.9. The van der Waals surface area contributed by atoms with Crippen LogP contribution in [0.2, 0.25) is 0 Å². The molecule has 4 aliphatic carbocycles. The number of rotatable bonds is 3. The van der Waals surface area contributed by atoms with Crippen LogP contribution >= 0.6 is 0 Å². The summed E-state index contributed by atoms with van der Waals surface area (Å²) in [5, 5.41) is 33.6. The van der Waals surface area contributed by atoms with Crippen LogP contribution in [0.3, 0.4) is 0 Å². The maximum atomic E-state index is 14.7. The standard InChI is InChI=1S/C34H44O7/c1-6-21-17-34-29(37)26(31(40)41-34)28(36)33(7-2)22(13-14-23-25(33)15-12-20(4)27(23)35)11-9-8-10-19(3)16-32(34,5)18-24(21)30(38)39/h8-9,13-14,16,18,20-23,25,27,35-36H,6-7,10-12,15,17H2,1-5H3,(H,38,39)/t20-,21-,22+,23-,25+,27-,32-,33+,34+/m0/s1. The number of fused-ring (bicyclic) bond motifs is 4. The maximum Gasteiger partial charge on any atom is 0.346 e. The number of ether oxygens (including phenoxy) is 1. The Balaban J connectivity index is 1.78. The summed E-state index contributed by atoms with van der Waals surface area (Å²) in [6.45, 7) is 9.58. The van der Waals surface area contributed by atoms with Crippen molar-refractivity contribution in [3.05, 3.63) is 58.9 Å². The second-order valence-corrected chi connectivity index (χ2v) is 13.3. The summed E-state index contributed by atoms with van der Waals surface area (Å²) in [5.74, 6) is -3.61. The van der Waals surface area contributed by atoms with E-state index in [0.29, 0.717) is 25.7 Å². The lowest BCUT2D eigenvalue weighted by Gasteiger charge is -2.54. The third kappa shape index (κ3) is 4.21. The number of carbonyl (C=O) groups is 3. The molecule has 1 spiro atoms. The molecule has 2 fully saturated rings. The van der Waals surface area contributed by atoms with E-state index in [1.165, 1.54) is 0 Å². The topological polar surface area (TPSA) is 121 Å². The normalized spacial score (nSPS) is 42.5. The number of carboxylic acid groups (broad SMARTS) is 1. The third-order valence-corrected chi connectivity index (χ3v) is 11.2. The number of Topliss-reactive ketones (excluding diaryl/α,β-unsaturated/α-hetero) is 1. The van der Waals surface area contributed by atoms with Gasteiger partial charge in [0.2, 0.25) is 5.78 Å². The van der Waals surface area contributed by atoms with Crippen molar-refractivity contribution in [1.29, 1.82) is 0 Å². The Kier molecular flexibility index (Phi) is 7.50. The fourth-order valence-electron chi connectivity index (χ4n) is 8.87. The monoisotopic (exact) mass is 564 g/mol. The number of hydrogen-bond acceptors (Lipinski definition) is 6. The Labute approximate surface area is 242 Å². The number of aliphatic carboxylic acids is 1. The first-order valence-corrected chi connectivity index (χ1v) is 15.2. The van der Waals surface area contributed by atoms with E-state index in [4.69, 9.17) is 4.74 Å². The smallest absolute Gasteiger partial charge is 0.346 e. The van der Waals surface area contributed by atoms with E-state index < -0.39 is 46.2 Å². The minimum atomic E-state index is -1.67. The van der Waals surface area contributed by atoms with Crippen LogP contribution in [0.4, 0.5) is 0 Å². The molecule has 3 N–H and O–H groups in total. The summed E-state index contributed by atoms with van der Waals surface area (Å²) in [6, 6.07) is 0. The van der Waals surface area contributed by atoms with Gasteiger partial charge >= 0.3 is 11.9 Å². The van der Waals surface area contributed by atoms with E-state index in [1.54, 1.807) is 13.0 Å². The van der Waals surface area contributed by atoms with Gasteiger partial charge in [-0.05, 0) is 76.0 Å². The molecule has 7 nitrogen and oxygen atoms in total. The van der Waals surface area contributed by atoms with Gasteiger partial charge in [-0.1, -0.05) is 62.8 Å². The molecule has 0 aromatic heterocycles. The van der Waals surface area contributed by atoms with Crippen molar-refractivity contribution in [2.24, 2.45) is 40.4 Å². The lowest BCUT2D eigenvalue weighted by molar-refractivity contribution is -0.162. The van der Waals surface area contributed by atoms with Gasteiger partial charge in [0.1, 0.15) is 11.3 Å². The van der Waals surface area contributed by atoms with Gasteiger partial charge in [0.15, 0.2) is 5.60 Å². The number of hydrogen-bond donors (Lipinski definition) is 3. The van der Waals surface area contributed by atoms with E-state index in [9.17, 15) is 29.7 Å². The summed E-state index contributed by atoms with van der Waals surface area (Å²) >= 11 is 0. The van der Waals surface area contributed by atoms with Crippen molar-refractivity contribution in [3.63, 3.8) is 0 Å². The number of aliphatic hydroxyl groups excluding tert-OH is 2. The molecule has 7 heteroatoms. The van der Waals surface area contributed by atoms with Crippen LogP contribution in [0.5, 0.6) is 0 Å². The van der Waals surface area contributed by atoms with Crippen LogP contribution in [-0.4, -0.2) is 44.7 Å². The predicted octanol–water partition coefficient (Wildman–Crippen LogP) is 6.01. The van der Waals surface area contributed by atoms with E-state index in [0.717, 1.165) is 18.4 Å². The number of ketones is 1. The lowest BCUT2D eigenvalue weighted by Crippen LogP contribution is -2.55. The van der Waals surface area contributed by atoms with Gasteiger partial charge in [-0.25, -0.2) is 9.59 Å². The second kappa shape index (κ2) is 10.4. The fourth-order valence-corrected chi connectivity index (χ4v) is 8.87. The van der Waals surface area contributed by atoms with Gasteiger partial charge in [0.25, 0.3) is 0 Å². The molecule has 5 aliphatic rings. The van der Waals surface area contributed by atoms with Crippen molar-refractivity contribution >= 4 is 17.7 Å². The SMILES string of the molecule is CC[C@H]1C[C@]23OC(=O)C(=C(O)[C@@]4(CC)[C@@H]5CC[C@H](C)[C@H](O)[C@H]5C=C[C@H]4CC=CCC(C)=C[C@@]2(C)C=C1C(=O)O)C3=O. The molecule has 0 aromatic carbocycles. The van der Waals surface area contributed by atoms with Crippen LogP contribution in [0.25, 0.3) is 0 Å². The highest BCUT2D eigenvalue weighted by Gasteiger charge is 2.66. The number of carbonyl (C=O) groups excluding carboxylic acids is 2. The number of carboxylic acids is 1. The molecule has 1 heterocycles. The minimum absolute atomic E-state index is 0.0316. The Morgan fingerprint density at radius 3 is 2.51 bits per heavy atom. The second-order valence-electron chi connectivity index (χ2n) is 13.3. The molecule has 1 aliphatic heterocycles. The molecular weight excluding hydrogens is 520 g/mol. The Bertz CT molecular complexity index is 1300. The number of esters is 1. The number of allylic oxidation sites excluding steroid dienone is 5. The van der Waals surface area contributed by atoms with E-state index in [1.807, 2.05) is 33.8 Å². The van der Waals surface area contributed by atoms with Crippen LogP contribution < -0.4 is 0 Å².